The minimum absolute atomic E-state index is 0.197. The van der Waals surface area contributed by atoms with Crippen molar-refractivity contribution in [2.75, 3.05) is 7.05 Å². The largest absolute Gasteiger partial charge is 0.273 e. The third-order valence-corrected chi connectivity index (χ3v) is 4.92. The Hall–Kier alpha value is -0.880. The molecule has 0 aliphatic carbocycles. The van der Waals surface area contributed by atoms with Crippen LogP contribution in [0.4, 0.5) is 0 Å². The molecule has 70 valence electrons. The molecule has 6 heteroatoms. The van der Waals surface area contributed by atoms with E-state index in [4.69, 9.17) is 0 Å². The van der Waals surface area contributed by atoms with Gasteiger partial charge in [-0.1, -0.05) is 0 Å². The zero-order chi connectivity index (χ0) is 9.64. The molecule has 0 aromatic carbocycles. The van der Waals surface area contributed by atoms with Crippen molar-refractivity contribution in [2.24, 2.45) is 0 Å². The molecule has 0 saturated carbocycles. The highest BCUT2D eigenvalue weighted by molar-refractivity contribution is 7.90. The number of rotatable bonds is 0. The van der Waals surface area contributed by atoms with Crippen LogP contribution in [0.3, 0.4) is 0 Å². The molecule has 1 amide bonds. The summed E-state index contributed by atoms with van der Waals surface area (Å²) in [5, 5.41) is 1.69. The van der Waals surface area contributed by atoms with Gasteiger partial charge in [0.25, 0.3) is 10.0 Å². The number of carbonyl (C=O) groups is 1. The van der Waals surface area contributed by atoms with Crippen molar-refractivity contribution in [3.05, 3.63) is 16.3 Å². The van der Waals surface area contributed by atoms with Crippen LogP contribution in [0, 0.1) is 0 Å². The highest BCUT2D eigenvalue weighted by Gasteiger charge is 2.34. The highest BCUT2D eigenvalue weighted by atomic mass is 32.2. The van der Waals surface area contributed by atoms with E-state index in [1.165, 1.54) is 24.5 Å². The zero-order valence-corrected chi connectivity index (χ0v) is 8.48. The zero-order valence-electron chi connectivity index (χ0n) is 6.85. The van der Waals surface area contributed by atoms with Crippen LogP contribution in [-0.2, 0) is 21.2 Å². The van der Waals surface area contributed by atoms with Crippen LogP contribution in [0.1, 0.15) is 4.88 Å². The minimum atomic E-state index is -3.53. The predicted molar refractivity (Wildman–Crippen MR) is 48.0 cm³/mol. The second-order valence-corrected chi connectivity index (χ2v) is 5.69. The van der Waals surface area contributed by atoms with Gasteiger partial charge in [0.2, 0.25) is 5.91 Å². The summed E-state index contributed by atoms with van der Waals surface area (Å²) in [4.78, 5) is 12.1. The lowest BCUT2D eigenvalue weighted by molar-refractivity contribution is -0.125. The molecule has 0 N–H and O–H groups in total. The number of hydrogen-bond acceptors (Lipinski definition) is 4. The maximum Gasteiger partial charge on any atom is 0.267 e. The standard InChI is InChI=1S/C7H7NO3S2/c1-8-7(9)4-5-6(2-3-12-5)13(8,10)11/h2-3H,4H2,1H3. The van der Waals surface area contributed by atoms with Crippen molar-refractivity contribution in [3.8, 4) is 0 Å². The van der Waals surface area contributed by atoms with Crippen molar-refractivity contribution < 1.29 is 13.2 Å². The molecule has 1 aromatic heterocycles. The van der Waals surface area contributed by atoms with Gasteiger partial charge in [-0.25, -0.2) is 12.7 Å². The van der Waals surface area contributed by atoms with E-state index in [1.807, 2.05) is 0 Å². The fourth-order valence-corrected chi connectivity index (χ4v) is 3.75. The van der Waals surface area contributed by atoms with Gasteiger partial charge in [-0.2, -0.15) is 0 Å². The lowest BCUT2D eigenvalue weighted by Crippen LogP contribution is -2.38. The molecule has 0 saturated heterocycles. The van der Waals surface area contributed by atoms with Crippen molar-refractivity contribution in [2.45, 2.75) is 11.3 Å². The topological polar surface area (TPSA) is 54.5 Å². The lowest BCUT2D eigenvalue weighted by atomic mass is 10.3. The fourth-order valence-electron chi connectivity index (χ4n) is 1.22. The molecule has 0 radical (unpaired) electrons. The van der Waals surface area contributed by atoms with Gasteiger partial charge in [0.15, 0.2) is 0 Å². The highest BCUT2D eigenvalue weighted by Crippen LogP contribution is 2.29. The summed E-state index contributed by atoms with van der Waals surface area (Å²) in [5.74, 6) is -0.366. The maximum absolute atomic E-state index is 11.6. The number of thiophene rings is 1. The number of likely N-dealkylation sites (N-methyl/N-ethyl adjacent to an activating group) is 1. The molecular formula is C7H7NO3S2. The first kappa shape index (κ1) is 8.71. The van der Waals surface area contributed by atoms with Gasteiger partial charge in [-0.3, -0.25) is 4.79 Å². The first-order valence-electron chi connectivity index (χ1n) is 3.61. The summed E-state index contributed by atoms with van der Waals surface area (Å²) in [5.41, 5.74) is 0. The number of amides is 1. The van der Waals surface area contributed by atoms with Crippen LogP contribution in [0.5, 0.6) is 0 Å². The quantitative estimate of drug-likeness (QED) is 0.634. The van der Waals surface area contributed by atoms with E-state index in [2.05, 4.69) is 0 Å². The van der Waals surface area contributed by atoms with E-state index in [1.54, 1.807) is 5.38 Å². The van der Waals surface area contributed by atoms with Crippen LogP contribution in [0.2, 0.25) is 0 Å². The number of sulfonamides is 1. The van der Waals surface area contributed by atoms with Crippen molar-refractivity contribution in [3.63, 3.8) is 0 Å². The molecule has 4 nitrogen and oxygen atoms in total. The number of hydrogen-bond donors (Lipinski definition) is 0. The number of nitrogens with zero attached hydrogens (tertiary/aromatic N) is 1. The van der Waals surface area contributed by atoms with Crippen LogP contribution in [-0.4, -0.2) is 25.7 Å². The van der Waals surface area contributed by atoms with Gasteiger partial charge in [0, 0.05) is 11.9 Å². The summed E-state index contributed by atoms with van der Waals surface area (Å²) in [6.07, 6.45) is 0.197. The number of carbonyl (C=O) groups excluding carboxylic acids is 1. The summed E-state index contributed by atoms with van der Waals surface area (Å²) < 4.78 is 24.0. The lowest BCUT2D eigenvalue weighted by Gasteiger charge is -2.21. The summed E-state index contributed by atoms with van der Waals surface area (Å²) >= 11 is 1.31. The van der Waals surface area contributed by atoms with Crippen molar-refractivity contribution >= 4 is 27.3 Å². The van der Waals surface area contributed by atoms with Gasteiger partial charge >= 0.3 is 0 Å². The Balaban J connectivity index is 2.71. The van der Waals surface area contributed by atoms with Crippen LogP contribution in [0.15, 0.2) is 16.3 Å². The molecular weight excluding hydrogens is 210 g/mol. The minimum Gasteiger partial charge on any atom is -0.273 e. The molecule has 1 aliphatic heterocycles. The SMILES string of the molecule is CN1C(=O)Cc2sccc2S1(=O)=O. The van der Waals surface area contributed by atoms with Gasteiger partial charge in [0.1, 0.15) is 4.90 Å². The van der Waals surface area contributed by atoms with Crippen LogP contribution in [0.25, 0.3) is 0 Å². The predicted octanol–water partition coefficient (Wildman–Crippen LogP) is 0.451. The second-order valence-electron chi connectivity index (χ2n) is 2.75. The molecule has 0 atom stereocenters. The molecule has 2 heterocycles. The average molecular weight is 217 g/mol. The van der Waals surface area contributed by atoms with Gasteiger partial charge < -0.3 is 0 Å². The normalized spacial score (nSPS) is 20.1. The summed E-state index contributed by atoms with van der Waals surface area (Å²) in [6, 6.07) is 1.54. The Labute approximate surface area is 79.8 Å². The molecule has 1 aromatic rings. The molecule has 0 fully saturated rings. The smallest absolute Gasteiger partial charge is 0.267 e. The third kappa shape index (κ3) is 1.09. The van der Waals surface area contributed by atoms with Crippen LogP contribution < -0.4 is 0 Å². The Morgan fingerprint density at radius 1 is 1.54 bits per heavy atom. The maximum atomic E-state index is 11.6. The van der Waals surface area contributed by atoms with Crippen molar-refractivity contribution in [1.29, 1.82) is 0 Å². The average Bonchev–Trinajstić information content (AvgIpc) is 2.49. The van der Waals surface area contributed by atoms with Gasteiger partial charge in [-0.05, 0) is 11.4 Å². The molecule has 2 rings (SSSR count). The van der Waals surface area contributed by atoms with E-state index >= 15 is 0 Å². The Morgan fingerprint density at radius 3 is 2.92 bits per heavy atom. The van der Waals surface area contributed by atoms with Crippen LogP contribution >= 0.6 is 11.3 Å². The first-order chi connectivity index (χ1) is 6.03. The van der Waals surface area contributed by atoms with E-state index in [-0.39, 0.29) is 17.2 Å². The van der Waals surface area contributed by atoms with Crippen molar-refractivity contribution in [1.82, 2.24) is 4.31 Å². The van der Waals surface area contributed by atoms with E-state index < -0.39 is 10.0 Å². The summed E-state index contributed by atoms with van der Waals surface area (Å²) in [7, 11) is -2.24. The molecule has 0 bridgehead atoms. The van der Waals surface area contributed by atoms with E-state index in [0.717, 1.165) is 4.31 Å². The Morgan fingerprint density at radius 2 is 2.23 bits per heavy atom. The molecule has 13 heavy (non-hydrogen) atoms. The van der Waals surface area contributed by atoms with E-state index in [9.17, 15) is 13.2 Å². The Kier molecular flexibility index (Phi) is 1.71. The summed E-state index contributed by atoms with van der Waals surface area (Å²) in [6.45, 7) is 0. The van der Waals surface area contributed by atoms with E-state index in [0.29, 0.717) is 4.88 Å². The molecule has 1 aliphatic rings. The van der Waals surface area contributed by atoms with Gasteiger partial charge in [-0.15, -0.1) is 11.3 Å². The Bertz CT molecular complexity index is 460. The molecule has 0 spiro atoms. The fraction of sp³-hybridized carbons (Fsp3) is 0.286. The number of fused-ring (bicyclic) bond motifs is 1. The third-order valence-electron chi connectivity index (χ3n) is 2.01. The second kappa shape index (κ2) is 2.55. The first-order valence-corrected chi connectivity index (χ1v) is 5.93. The monoisotopic (exact) mass is 217 g/mol. The molecule has 0 unspecified atom stereocenters. The van der Waals surface area contributed by atoms with Gasteiger partial charge in [0.05, 0.1) is 6.42 Å².